The van der Waals surface area contributed by atoms with E-state index < -0.39 is 15.9 Å². The summed E-state index contributed by atoms with van der Waals surface area (Å²) in [5.41, 5.74) is 6.58. The normalized spacial score (nSPS) is 15.3. The Morgan fingerprint density at radius 2 is 1.69 bits per heavy atom. The van der Waals surface area contributed by atoms with Crippen LogP contribution in [0.4, 0.5) is 11.4 Å². The molecule has 1 unspecified atom stereocenters. The molecule has 1 aliphatic rings. The number of nitrogens with zero attached hydrogens (tertiary/aromatic N) is 1. The molecular formula is C25H34N4O6S. The molecule has 196 valence electrons. The van der Waals surface area contributed by atoms with Gasteiger partial charge in [-0.25, -0.2) is 13.1 Å². The Kier molecular flexibility index (Phi) is 8.80. The fourth-order valence-corrected chi connectivity index (χ4v) is 5.60. The topological polar surface area (TPSA) is 140 Å². The van der Waals surface area contributed by atoms with Crippen LogP contribution in [0.15, 0.2) is 41.3 Å². The number of hydrogen-bond donors (Lipinski definition) is 3. The van der Waals surface area contributed by atoms with E-state index >= 15 is 0 Å². The van der Waals surface area contributed by atoms with Gasteiger partial charge in [0.15, 0.2) is 0 Å². The van der Waals surface area contributed by atoms with E-state index in [0.29, 0.717) is 60.8 Å². The molecule has 2 amide bonds. The molecule has 1 fully saturated rings. The summed E-state index contributed by atoms with van der Waals surface area (Å²) < 4.78 is 39.9. The molecule has 0 aromatic heterocycles. The van der Waals surface area contributed by atoms with Crippen molar-refractivity contribution in [3.63, 3.8) is 0 Å². The third-order valence-corrected chi connectivity index (χ3v) is 7.95. The van der Waals surface area contributed by atoms with Gasteiger partial charge in [0.25, 0.3) is 5.91 Å². The van der Waals surface area contributed by atoms with E-state index in [0.717, 1.165) is 0 Å². The number of rotatable bonds is 10. The smallest absolute Gasteiger partial charge is 0.255 e. The number of hydrogen-bond acceptors (Lipinski definition) is 7. The third-order valence-electron chi connectivity index (χ3n) is 6.33. The maximum atomic E-state index is 13.4. The number of primary amides is 1. The molecule has 10 nitrogen and oxygen atoms in total. The zero-order valence-electron chi connectivity index (χ0n) is 21.0. The number of benzene rings is 2. The van der Waals surface area contributed by atoms with Crippen LogP contribution in [0.2, 0.25) is 0 Å². The quantitative estimate of drug-likeness (QED) is 0.439. The van der Waals surface area contributed by atoms with Gasteiger partial charge in [-0.05, 0) is 56.5 Å². The minimum atomic E-state index is -3.90. The number of piperidine rings is 1. The number of carbonyl (C=O) groups is 2. The predicted molar refractivity (Wildman–Crippen MR) is 138 cm³/mol. The van der Waals surface area contributed by atoms with E-state index in [1.54, 1.807) is 37.3 Å². The SMILES string of the molecule is CCC(C)NS(=O)(=O)c1cc(NC(=O)c2cc(OC)cc(OC)c2)ccc1N1CCC(C(N)=O)CC1. The second kappa shape index (κ2) is 11.6. The summed E-state index contributed by atoms with van der Waals surface area (Å²) in [6.07, 6.45) is 1.71. The molecule has 1 saturated heterocycles. The second-order valence-electron chi connectivity index (χ2n) is 8.83. The Morgan fingerprint density at radius 1 is 1.08 bits per heavy atom. The molecule has 1 aliphatic heterocycles. The molecule has 11 heteroatoms. The van der Waals surface area contributed by atoms with Gasteiger partial charge in [-0.3, -0.25) is 9.59 Å². The lowest BCUT2D eigenvalue weighted by atomic mass is 9.96. The Morgan fingerprint density at radius 3 is 2.22 bits per heavy atom. The Hall–Kier alpha value is -3.31. The first-order valence-corrected chi connectivity index (χ1v) is 13.3. The molecule has 36 heavy (non-hydrogen) atoms. The summed E-state index contributed by atoms with van der Waals surface area (Å²) in [5.74, 6) is -0.1000. The average molecular weight is 519 g/mol. The summed E-state index contributed by atoms with van der Waals surface area (Å²) in [6, 6.07) is 9.30. The molecule has 0 bridgehead atoms. The largest absolute Gasteiger partial charge is 0.497 e. The van der Waals surface area contributed by atoms with Crippen molar-refractivity contribution in [2.24, 2.45) is 11.7 Å². The van der Waals surface area contributed by atoms with Crippen LogP contribution < -0.4 is 30.1 Å². The number of nitrogens with two attached hydrogens (primary N) is 1. The molecule has 0 aliphatic carbocycles. The molecule has 2 aromatic carbocycles. The van der Waals surface area contributed by atoms with Gasteiger partial charge in [0.1, 0.15) is 16.4 Å². The van der Waals surface area contributed by atoms with Crippen LogP contribution in [-0.2, 0) is 14.8 Å². The molecule has 3 rings (SSSR count). The molecule has 4 N–H and O–H groups in total. The van der Waals surface area contributed by atoms with Crippen molar-refractivity contribution in [3.05, 3.63) is 42.0 Å². The van der Waals surface area contributed by atoms with Crippen LogP contribution in [-0.4, -0.2) is 53.6 Å². The Balaban J connectivity index is 1.94. The third kappa shape index (κ3) is 6.46. The minimum Gasteiger partial charge on any atom is -0.497 e. The average Bonchev–Trinajstić information content (AvgIpc) is 2.87. The van der Waals surface area contributed by atoms with Crippen LogP contribution in [0.25, 0.3) is 0 Å². The van der Waals surface area contributed by atoms with E-state index in [4.69, 9.17) is 15.2 Å². The van der Waals surface area contributed by atoms with Crippen LogP contribution in [0.1, 0.15) is 43.5 Å². The lowest BCUT2D eigenvalue weighted by molar-refractivity contribution is -0.122. The van der Waals surface area contributed by atoms with Gasteiger partial charge in [0, 0.05) is 42.4 Å². The minimum absolute atomic E-state index is 0.0568. The molecule has 0 saturated carbocycles. The monoisotopic (exact) mass is 518 g/mol. The fourth-order valence-electron chi connectivity index (χ4n) is 4.03. The molecule has 1 atom stereocenters. The van der Waals surface area contributed by atoms with Gasteiger partial charge in [0.05, 0.1) is 19.9 Å². The summed E-state index contributed by atoms with van der Waals surface area (Å²) in [6.45, 7) is 4.67. The van der Waals surface area contributed by atoms with Crippen molar-refractivity contribution in [1.82, 2.24) is 4.72 Å². The lowest BCUT2D eigenvalue weighted by Crippen LogP contribution is -2.40. The fraction of sp³-hybridized carbons (Fsp3) is 0.440. The molecule has 1 heterocycles. The molecule has 0 spiro atoms. The first-order valence-electron chi connectivity index (χ1n) is 11.8. The van der Waals surface area contributed by atoms with Crippen LogP contribution in [0.5, 0.6) is 11.5 Å². The predicted octanol–water partition coefficient (Wildman–Crippen LogP) is 2.73. The van der Waals surface area contributed by atoms with E-state index in [9.17, 15) is 18.0 Å². The van der Waals surface area contributed by atoms with Gasteiger partial charge in [-0.15, -0.1) is 0 Å². The van der Waals surface area contributed by atoms with Crippen molar-refractivity contribution in [2.45, 2.75) is 44.0 Å². The lowest BCUT2D eigenvalue weighted by Gasteiger charge is -2.33. The first-order chi connectivity index (χ1) is 17.1. The Labute approximate surface area is 212 Å². The van der Waals surface area contributed by atoms with Crippen LogP contribution in [0, 0.1) is 5.92 Å². The van der Waals surface area contributed by atoms with E-state index in [-0.39, 0.29) is 22.8 Å². The number of nitrogens with one attached hydrogen (secondary N) is 2. The highest BCUT2D eigenvalue weighted by atomic mass is 32.2. The highest BCUT2D eigenvalue weighted by molar-refractivity contribution is 7.89. The number of sulfonamides is 1. The number of anilines is 2. The highest BCUT2D eigenvalue weighted by Gasteiger charge is 2.28. The Bertz CT molecular complexity index is 1190. The van der Waals surface area contributed by atoms with Gasteiger partial charge in [0.2, 0.25) is 15.9 Å². The van der Waals surface area contributed by atoms with E-state index in [2.05, 4.69) is 10.0 Å². The van der Waals surface area contributed by atoms with Crippen LogP contribution in [0.3, 0.4) is 0 Å². The summed E-state index contributed by atoms with van der Waals surface area (Å²) in [4.78, 5) is 26.5. The van der Waals surface area contributed by atoms with Gasteiger partial charge in [-0.2, -0.15) is 0 Å². The number of carbonyl (C=O) groups excluding carboxylic acids is 2. The number of methoxy groups -OCH3 is 2. The summed E-state index contributed by atoms with van der Waals surface area (Å²) >= 11 is 0. The maximum Gasteiger partial charge on any atom is 0.255 e. The highest BCUT2D eigenvalue weighted by Crippen LogP contribution is 2.32. The maximum absolute atomic E-state index is 13.4. The van der Waals surface area contributed by atoms with Crippen molar-refractivity contribution in [3.8, 4) is 11.5 Å². The molecular weight excluding hydrogens is 484 g/mol. The van der Waals surface area contributed by atoms with Gasteiger partial charge >= 0.3 is 0 Å². The van der Waals surface area contributed by atoms with Gasteiger partial charge in [-0.1, -0.05) is 6.92 Å². The second-order valence-corrected chi connectivity index (χ2v) is 10.5. The first kappa shape index (κ1) is 27.3. The van der Waals surface area contributed by atoms with Crippen LogP contribution >= 0.6 is 0 Å². The number of amides is 2. The standard InChI is InChI=1S/C25H34N4O6S/c1-5-16(2)28-36(32,33)23-14-19(6-7-22(23)29-10-8-17(9-11-29)24(26)30)27-25(31)18-12-20(34-3)15-21(13-18)35-4/h6-7,12-17,28H,5,8-11H2,1-4H3,(H2,26,30)(H,27,31). The van der Waals surface area contributed by atoms with Gasteiger partial charge < -0.3 is 25.4 Å². The molecule has 2 aromatic rings. The van der Waals surface area contributed by atoms with E-state index in [1.165, 1.54) is 20.3 Å². The van der Waals surface area contributed by atoms with Crippen molar-refractivity contribution < 1.29 is 27.5 Å². The van der Waals surface area contributed by atoms with Crippen molar-refractivity contribution in [1.29, 1.82) is 0 Å². The van der Waals surface area contributed by atoms with Crippen molar-refractivity contribution in [2.75, 3.05) is 37.5 Å². The summed E-state index contributed by atoms with van der Waals surface area (Å²) in [5, 5.41) is 2.77. The zero-order chi connectivity index (χ0) is 26.5. The zero-order valence-corrected chi connectivity index (χ0v) is 21.9. The van der Waals surface area contributed by atoms with Crippen molar-refractivity contribution >= 4 is 33.2 Å². The van der Waals surface area contributed by atoms with E-state index in [1.807, 2.05) is 11.8 Å². The summed E-state index contributed by atoms with van der Waals surface area (Å²) in [7, 11) is -0.922. The number of ether oxygens (including phenoxy) is 2. The molecule has 0 radical (unpaired) electrons.